The van der Waals surface area contributed by atoms with Gasteiger partial charge in [-0.3, -0.25) is 9.59 Å². The average molecular weight is 475 g/mol. The molecule has 2 amide bonds. The van der Waals surface area contributed by atoms with Crippen molar-refractivity contribution < 1.29 is 19.1 Å². The zero-order valence-electron chi connectivity index (χ0n) is 20.9. The standard InChI is InChI=1S/C29H34N2O4/c1-5-30-29(33)26(18-23-12-7-6-8-13-23)31(19-24-14-10-15-25(17-24)34-4)28(32)20-35-27-16-9-11-21(2)22(27)3/h6-17,26H,5,18-20H2,1-4H3,(H,30,33)/t26-/m0/s1. The van der Waals surface area contributed by atoms with Crippen LogP contribution < -0.4 is 14.8 Å². The number of likely N-dealkylation sites (N-methyl/N-ethyl adjacent to an activating group) is 1. The van der Waals surface area contributed by atoms with E-state index in [1.807, 2.05) is 93.6 Å². The third kappa shape index (κ3) is 7.09. The summed E-state index contributed by atoms with van der Waals surface area (Å²) < 4.78 is 11.3. The average Bonchev–Trinajstić information content (AvgIpc) is 2.87. The third-order valence-electron chi connectivity index (χ3n) is 6.02. The van der Waals surface area contributed by atoms with Crippen LogP contribution in [0.2, 0.25) is 0 Å². The van der Waals surface area contributed by atoms with Gasteiger partial charge in [-0.25, -0.2) is 0 Å². The highest BCUT2D eigenvalue weighted by atomic mass is 16.5. The molecule has 0 spiro atoms. The van der Waals surface area contributed by atoms with E-state index in [0.717, 1.165) is 22.3 Å². The Morgan fingerprint density at radius 2 is 1.66 bits per heavy atom. The number of carbonyl (C=O) groups excluding carboxylic acids is 2. The molecule has 0 saturated heterocycles. The minimum atomic E-state index is -0.696. The van der Waals surface area contributed by atoms with Crippen LogP contribution in [0.4, 0.5) is 0 Å². The van der Waals surface area contributed by atoms with Crippen molar-refractivity contribution in [3.05, 3.63) is 95.1 Å². The quantitative estimate of drug-likeness (QED) is 0.445. The second-order valence-corrected chi connectivity index (χ2v) is 8.46. The molecule has 0 radical (unpaired) electrons. The van der Waals surface area contributed by atoms with Crippen molar-refractivity contribution in [2.45, 2.75) is 39.8 Å². The van der Waals surface area contributed by atoms with Gasteiger partial charge < -0.3 is 19.7 Å². The number of benzene rings is 3. The number of methoxy groups -OCH3 is 1. The van der Waals surface area contributed by atoms with Crippen LogP contribution in [-0.2, 0) is 22.6 Å². The number of amides is 2. The van der Waals surface area contributed by atoms with Crippen molar-refractivity contribution in [2.24, 2.45) is 0 Å². The van der Waals surface area contributed by atoms with Crippen molar-refractivity contribution in [3.63, 3.8) is 0 Å². The minimum Gasteiger partial charge on any atom is -0.497 e. The number of nitrogens with zero attached hydrogens (tertiary/aromatic N) is 1. The van der Waals surface area contributed by atoms with Gasteiger partial charge in [-0.05, 0) is 61.2 Å². The van der Waals surface area contributed by atoms with Crippen molar-refractivity contribution in [1.29, 1.82) is 0 Å². The first-order valence-electron chi connectivity index (χ1n) is 11.9. The van der Waals surface area contributed by atoms with Crippen LogP contribution in [0.25, 0.3) is 0 Å². The predicted molar refractivity (Wildman–Crippen MR) is 138 cm³/mol. The van der Waals surface area contributed by atoms with Gasteiger partial charge in [0.25, 0.3) is 5.91 Å². The largest absolute Gasteiger partial charge is 0.497 e. The molecule has 6 heteroatoms. The van der Waals surface area contributed by atoms with Crippen molar-refractivity contribution in [3.8, 4) is 11.5 Å². The lowest BCUT2D eigenvalue weighted by atomic mass is 10.0. The first-order chi connectivity index (χ1) is 16.9. The fourth-order valence-corrected chi connectivity index (χ4v) is 3.92. The first kappa shape index (κ1) is 25.8. The molecule has 0 fully saturated rings. The van der Waals surface area contributed by atoms with E-state index in [9.17, 15) is 9.59 Å². The van der Waals surface area contributed by atoms with E-state index in [0.29, 0.717) is 24.5 Å². The number of aryl methyl sites for hydroxylation is 1. The summed E-state index contributed by atoms with van der Waals surface area (Å²) in [5, 5.41) is 2.90. The highest BCUT2D eigenvalue weighted by molar-refractivity contribution is 5.88. The molecule has 0 aliphatic heterocycles. The van der Waals surface area contributed by atoms with Gasteiger partial charge in [-0.15, -0.1) is 0 Å². The maximum atomic E-state index is 13.6. The van der Waals surface area contributed by atoms with E-state index >= 15 is 0 Å². The van der Waals surface area contributed by atoms with Gasteiger partial charge in [0.05, 0.1) is 7.11 Å². The summed E-state index contributed by atoms with van der Waals surface area (Å²) >= 11 is 0. The molecule has 0 heterocycles. The number of hydrogen-bond donors (Lipinski definition) is 1. The molecule has 3 rings (SSSR count). The van der Waals surface area contributed by atoms with Gasteiger partial charge in [-0.2, -0.15) is 0 Å². The van der Waals surface area contributed by atoms with Crippen molar-refractivity contribution in [1.82, 2.24) is 10.2 Å². The second-order valence-electron chi connectivity index (χ2n) is 8.46. The lowest BCUT2D eigenvalue weighted by Gasteiger charge is -2.31. The molecule has 0 aromatic heterocycles. The zero-order valence-corrected chi connectivity index (χ0v) is 20.9. The van der Waals surface area contributed by atoms with Gasteiger partial charge in [-0.1, -0.05) is 54.6 Å². The zero-order chi connectivity index (χ0) is 25.2. The summed E-state index contributed by atoms with van der Waals surface area (Å²) in [7, 11) is 1.60. The summed E-state index contributed by atoms with van der Waals surface area (Å²) in [6.07, 6.45) is 0.395. The van der Waals surface area contributed by atoms with Gasteiger partial charge in [0.1, 0.15) is 17.5 Å². The Labute approximate surface area is 207 Å². The summed E-state index contributed by atoms with van der Waals surface area (Å²) in [5.74, 6) is 0.900. The molecule has 6 nitrogen and oxygen atoms in total. The summed E-state index contributed by atoms with van der Waals surface area (Å²) in [6.45, 7) is 6.40. The van der Waals surface area contributed by atoms with E-state index < -0.39 is 6.04 Å². The number of nitrogens with one attached hydrogen (secondary N) is 1. The Balaban J connectivity index is 1.92. The van der Waals surface area contributed by atoms with Crippen molar-refractivity contribution in [2.75, 3.05) is 20.3 Å². The molecule has 0 saturated carbocycles. The molecule has 184 valence electrons. The SMILES string of the molecule is CCNC(=O)[C@H](Cc1ccccc1)N(Cc1cccc(OC)c1)C(=O)COc1cccc(C)c1C. The molecule has 35 heavy (non-hydrogen) atoms. The van der Waals surface area contributed by atoms with E-state index in [1.165, 1.54) is 0 Å². The van der Waals surface area contributed by atoms with E-state index in [1.54, 1.807) is 12.0 Å². The predicted octanol–water partition coefficient (Wildman–Crippen LogP) is 4.47. The number of rotatable bonds is 11. The van der Waals surface area contributed by atoms with Crippen LogP contribution in [0, 0.1) is 13.8 Å². The second kappa shape index (κ2) is 12.6. The summed E-state index contributed by atoms with van der Waals surface area (Å²) in [6, 6.07) is 22.3. The maximum Gasteiger partial charge on any atom is 0.261 e. The molecule has 1 N–H and O–H groups in total. The topological polar surface area (TPSA) is 67.9 Å². The Kier molecular flexibility index (Phi) is 9.30. The fraction of sp³-hybridized carbons (Fsp3) is 0.310. The van der Waals surface area contributed by atoms with E-state index in [2.05, 4.69) is 5.32 Å². The molecule has 0 unspecified atom stereocenters. The number of ether oxygens (including phenoxy) is 2. The highest BCUT2D eigenvalue weighted by Crippen LogP contribution is 2.22. The normalized spacial score (nSPS) is 11.4. The minimum absolute atomic E-state index is 0.168. The molecular weight excluding hydrogens is 440 g/mol. The van der Waals surface area contributed by atoms with Crippen LogP contribution in [0.5, 0.6) is 11.5 Å². The highest BCUT2D eigenvalue weighted by Gasteiger charge is 2.30. The number of hydrogen-bond acceptors (Lipinski definition) is 4. The Morgan fingerprint density at radius 3 is 2.37 bits per heavy atom. The summed E-state index contributed by atoms with van der Waals surface area (Å²) in [4.78, 5) is 28.4. The summed E-state index contributed by atoms with van der Waals surface area (Å²) in [5.41, 5.74) is 3.92. The van der Waals surface area contributed by atoms with E-state index in [4.69, 9.17) is 9.47 Å². The van der Waals surface area contributed by atoms with Crippen LogP contribution in [0.1, 0.15) is 29.2 Å². The van der Waals surface area contributed by atoms with Gasteiger partial charge in [0, 0.05) is 19.5 Å². The van der Waals surface area contributed by atoms with Crippen LogP contribution in [0.15, 0.2) is 72.8 Å². The van der Waals surface area contributed by atoms with Crippen LogP contribution >= 0.6 is 0 Å². The molecular formula is C29H34N2O4. The molecule has 1 atom stereocenters. The first-order valence-corrected chi connectivity index (χ1v) is 11.9. The van der Waals surface area contributed by atoms with Crippen LogP contribution in [0.3, 0.4) is 0 Å². The Hall–Kier alpha value is -3.80. The van der Waals surface area contributed by atoms with E-state index in [-0.39, 0.29) is 25.0 Å². The Bertz CT molecular complexity index is 1130. The lowest BCUT2D eigenvalue weighted by Crippen LogP contribution is -2.51. The van der Waals surface area contributed by atoms with Gasteiger partial charge >= 0.3 is 0 Å². The molecule has 0 aliphatic rings. The molecule has 3 aromatic rings. The Morgan fingerprint density at radius 1 is 0.943 bits per heavy atom. The monoisotopic (exact) mass is 474 g/mol. The van der Waals surface area contributed by atoms with Crippen LogP contribution in [-0.4, -0.2) is 43.0 Å². The third-order valence-corrected chi connectivity index (χ3v) is 6.02. The molecule has 3 aromatic carbocycles. The smallest absolute Gasteiger partial charge is 0.261 e. The van der Waals surface area contributed by atoms with Gasteiger partial charge in [0.2, 0.25) is 5.91 Å². The fourth-order valence-electron chi connectivity index (χ4n) is 3.92. The molecule has 0 bridgehead atoms. The van der Waals surface area contributed by atoms with Gasteiger partial charge in [0.15, 0.2) is 6.61 Å². The molecule has 0 aliphatic carbocycles. The number of carbonyl (C=O) groups is 2. The maximum absolute atomic E-state index is 13.6. The van der Waals surface area contributed by atoms with Crippen molar-refractivity contribution >= 4 is 11.8 Å². The lowest BCUT2D eigenvalue weighted by molar-refractivity contribution is -0.142.